The molecule has 1 fully saturated rings. The van der Waals surface area contributed by atoms with Gasteiger partial charge in [0.15, 0.2) is 5.82 Å². The molecule has 2 heterocycles. The number of aromatic nitrogens is 3. The molecule has 1 atom stereocenters. The summed E-state index contributed by atoms with van der Waals surface area (Å²) in [5, 5.41) is 9.84. The van der Waals surface area contributed by atoms with Crippen LogP contribution in [0.5, 0.6) is 0 Å². The van der Waals surface area contributed by atoms with Gasteiger partial charge in [0.25, 0.3) is 0 Å². The van der Waals surface area contributed by atoms with Gasteiger partial charge in [-0.15, -0.1) is 0 Å². The van der Waals surface area contributed by atoms with E-state index in [1.807, 2.05) is 0 Å². The van der Waals surface area contributed by atoms with E-state index in [0.717, 1.165) is 6.54 Å². The number of halogens is 1. The molecule has 2 aromatic rings. The highest BCUT2D eigenvalue weighted by Crippen LogP contribution is 2.28. The van der Waals surface area contributed by atoms with Crippen LogP contribution < -0.4 is 10.6 Å². The lowest BCUT2D eigenvalue weighted by Gasteiger charge is -2.26. The average Bonchev–Trinajstić information content (AvgIpc) is 3.20. The molecular formula is C15H18FN5O2. The molecule has 1 saturated heterocycles. The smallest absolute Gasteiger partial charge is 0.234 e. The molecule has 0 bridgehead atoms. The summed E-state index contributed by atoms with van der Waals surface area (Å²) in [5.74, 6) is -0.657. The normalized spacial score (nSPS) is 20.6. The maximum absolute atomic E-state index is 14.2. The quantitative estimate of drug-likeness (QED) is 0.858. The van der Waals surface area contributed by atoms with Gasteiger partial charge in [0.05, 0.1) is 12.0 Å². The van der Waals surface area contributed by atoms with Gasteiger partial charge in [-0.3, -0.25) is 4.79 Å². The maximum Gasteiger partial charge on any atom is 0.234 e. The summed E-state index contributed by atoms with van der Waals surface area (Å²) in [6, 6.07) is 4.47. The van der Waals surface area contributed by atoms with E-state index in [4.69, 9.17) is 4.74 Å². The van der Waals surface area contributed by atoms with Crippen molar-refractivity contribution in [3.63, 3.8) is 0 Å². The Morgan fingerprint density at radius 1 is 1.57 bits per heavy atom. The average molecular weight is 319 g/mol. The lowest BCUT2D eigenvalue weighted by atomic mass is 9.87. The molecule has 8 heteroatoms. The number of benzene rings is 1. The van der Waals surface area contributed by atoms with E-state index >= 15 is 0 Å². The lowest BCUT2D eigenvalue weighted by Crippen LogP contribution is -2.41. The molecule has 1 amide bonds. The number of amides is 1. The van der Waals surface area contributed by atoms with Gasteiger partial charge in [0.1, 0.15) is 18.3 Å². The monoisotopic (exact) mass is 319 g/mol. The molecule has 2 N–H and O–H groups in total. The Bertz CT molecular complexity index is 683. The zero-order valence-electron chi connectivity index (χ0n) is 12.8. The Balaban J connectivity index is 1.77. The molecule has 7 nitrogen and oxygen atoms in total. The van der Waals surface area contributed by atoms with E-state index in [2.05, 4.69) is 20.7 Å². The molecule has 0 saturated carbocycles. The van der Waals surface area contributed by atoms with Gasteiger partial charge >= 0.3 is 0 Å². The van der Waals surface area contributed by atoms with Gasteiger partial charge in [0.2, 0.25) is 5.91 Å². The molecule has 122 valence electrons. The van der Waals surface area contributed by atoms with Crippen molar-refractivity contribution < 1.29 is 13.9 Å². The molecule has 1 aromatic heterocycles. The van der Waals surface area contributed by atoms with E-state index in [9.17, 15) is 9.18 Å². The van der Waals surface area contributed by atoms with E-state index in [1.165, 1.54) is 23.4 Å². The summed E-state index contributed by atoms with van der Waals surface area (Å²) in [5.41, 5.74) is 0.0591. The van der Waals surface area contributed by atoms with E-state index in [1.54, 1.807) is 19.2 Å². The summed E-state index contributed by atoms with van der Waals surface area (Å²) in [4.78, 5) is 16.4. The van der Waals surface area contributed by atoms with Crippen LogP contribution in [0.15, 0.2) is 30.9 Å². The Kier molecular flexibility index (Phi) is 4.35. The fourth-order valence-corrected chi connectivity index (χ4v) is 2.77. The summed E-state index contributed by atoms with van der Waals surface area (Å²) in [6.45, 7) is 1.63. The fourth-order valence-electron chi connectivity index (χ4n) is 2.77. The number of rotatable bonds is 5. The van der Waals surface area contributed by atoms with Crippen LogP contribution in [-0.4, -0.2) is 47.5 Å². The molecule has 1 aliphatic rings. The minimum Gasteiger partial charge on any atom is -0.384 e. The molecule has 0 aliphatic carbocycles. The van der Waals surface area contributed by atoms with Crippen LogP contribution in [0.3, 0.4) is 0 Å². The highest BCUT2D eigenvalue weighted by atomic mass is 19.1. The molecule has 0 radical (unpaired) electrons. The Hall–Kier alpha value is -2.32. The van der Waals surface area contributed by atoms with Crippen molar-refractivity contribution >= 4 is 11.6 Å². The second-order valence-corrected chi connectivity index (χ2v) is 5.60. The van der Waals surface area contributed by atoms with Crippen molar-refractivity contribution in [1.29, 1.82) is 0 Å². The number of methoxy groups -OCH3 is 1. The minimum atomic E-state index is -0.615. The first-order valence-corrected chi connectivity index (χ1v) is 7.30. The number of hydrogen-bond donors (Lipinski definition) is 2. The standard InChI is InChI=1S/C15H18FN5O2/c1-23-8-15(4-5-17-7-15)14(22)20-11-2-3-13(12(16)6-11)21-10-18-9-19-21/h2-3,6,9-10,17H,4-5,7-8H2,1H3,(H,20,22). The van der Waals surface area contributed by atoms with Crippen LogP contribution in [0, 0.1) is 11.2 Å². The number of anilines is 1. The number of carbonyl (C=O) groups excluding carboxylic acids is 1. The zero-order chi connectivity index (χ0) is 16.3. The summed E-state index contributed by atoms with van der Waals surface area (Å²) >= 11 is 0. The third-order valence-electron chi connectivity index (χ3n) is 4.02. The van der Waals surface area contributed by atoms with Crippen molar-refractivity contribution in [1.82, 2.24) is 20.1 Å². The Labute approximate surface area is 132 Å². The predicted octanol–water partition coefficient (Wildman–Crippen LogP) is 0.971. The third-order valence-corrected chi connectivity index (χ3v) is 4.02. The predicted molar refractivity (Wildman–Crippen MR) is 81.7 cm³/mol. The number of nitrogens with one attached hydrogen (secondary N) is 2. The Morgan fingerprint density at radius 3 is 3.04 bits per heavy atom. The highest BCUT2D eigenvalue weighted by Gasteiger charge is 2.41. The van der Waals surface area contributed by atoms with Gasteiger partial charge < -0.3 is 15.4 Å². The van der Waals surface area contributed by atoms with Gasteiger partial charge in [-0.25, -0.2) is 14.1 Å². The number of hydrogen-bond acceptors (Lipinski definition) is 5. The molecule has 0 spiro atoms. The van der Waals surface area contributed by atoms with Crippen molar-refractivity contribution in [2.75, 3.05) is 32.1 Å². The highest BCUT2D eigenvalue weighted by molar-refractivity contribution is 5.96. The van der Waals surface area contributed by atoms with E-state index in [-0.39, 0.29) is 11.6 Å². The summed E-state index contributed by atoms with van der Waals surface area (Å²) in [7, 11) is 1.57. The minimum absolute atomic E-state index is 0.169. The second-order valence-electron chi connectivity index (χ2n) is 5.60. The van der Waals surface area contributed by atoms with Crippen molar-refractivity contribution in [3.05, 3.63) is 36.7 Å². The van der Waals surface area contributed by atoms with Crippen molar-refractivity contribution in [2.45, 2.75) is 6.42 Å². The maximum atomic E-state index is 14.2. The first kappa shape index (κ1) is 15.6. The van der Waals surface area contributed by atoms with Crippen LogP contribution in [0.1, 0.15) is 6.42 Å². The third kappa shape index (κ3) is 3.08. The first-order chi connectivity index (χ1) is 11.1. The van der Waals surface area contributed by atoms with Crippen molar-refractivity contribution in [3.8, 4) is 5.69 Å². The topological polar surface area (TPSA) is 81.1 Å². The van der Waals surface area contributed by atoms with E-state index in [0.29, 0.717) is 25.3 Å². The lowest BCUT2D eigenvalue weighted by molar-refractivity contribution is -0.127. The van der Waals surface area contributed by atoms with Crippen LogP contribution in [-0.2, 0) is 9.53 Å². The van der Waals surface area contributed by atoms with Gasteiger partial charge in [-0.05, 0) is 31.2 Å². The number of ether oxygens (including phenoxy) is 1. The largest absolute Gasteiger partial charge is 0.384 e. The molecule has 1 unspecified atom stereocenters. The summed E-state index contributed by atoms with van der Waals surface area (Å²) in [6.07, 6.45) is 3.43. The molecular weight excluding hydrogens is 301 g/mol. The van der Waals surface area contributed by atoms with Crippen LogP contribution in [0.25, 0.3) is 5.69 Å². The molecule has 3 rings (SSSR count). The number of carbonyl (C=O) groups is 1. The van der Waals surface area contributed by atoms with Crippen LogP contribution >= 0.6 is 0 Å². The molecule has 1 aromatic carbocycles. The molecule has 1 aliphatic heterocycles. The molecule has 23 heavy (non-hydrogen) atoms. The number of nitrogens with zero attached hydrogens (tertiary/aromatic N) is 3. The second kappa shape index (κ2) is 6.43. The fraction of sp³-hybridized carbons (Fsp3) is 0.400. The van der Waals surface area contributed by atoms with Gasteiger partial charge in [0, 0.05) is 19.3 Å². The van der Waals surface area contributed by atoms with E-state index < -0.39 is 11.2 Å². The Morgan fingerprint density at radius 2 is 2.43 bits per heavy atom. The first-order valence-electron chi connectivity index (χ1n) is 7.30. The van der Waals surface area contributed by atoms with Crippen molar-refractivity contribution in [2.24, 2.45) is 5.41 Å². The SMILES string of the molecule is COCC1(C(=O)Nc2ccc(-n3cncn3)c(F)c2)CCNC1. The van der Waals surface area contributed by atoms with Gasteiger partial charge in [-0.2, -0.15) is 5.10 Å². The summed E-state index contributed by atoms with van der Waals surface area (Å²) < 4.78 is 20.7. The van der Waals surface area contributed by atoms with Crippen LogP contribution in [0.4, 0.5) is 10.1 Å². The van der Waals surface area contributed by atoms with Crippen LogP contribution in [0.2, 0.25) is 0 Å². The zero-order valence-corrected chi connectivity index (χ0v) is 12.8. The van der Waals surface area contributed by atoms with Gasteiger partial charge in [-0.1, -0.05) is 0 Å².